The van der Waals surface area contributed by atoms with E-state index in [0.29, 0.717) is 18.7 Å². The highest BCUT2D eigenvalue weighted by Crippen LogP contribution is 2.41. The van der Waals surface area contributed by atoms with E-state index in [4.69, 9.17) is 9.47 Å². The highest BCUT2D eigenvalue weighted by molar-refractivity contribution is 6.00. The topological polar surface area (TPSA) is 66.9 Å². The van der Waals surface area contributed by atoms with Crippen molar-refractivity contribution in [3.05, 3.63) is 42.1 Å². The minimum atomic E-state index is 0.0346. The number of anilines is 4. The third-order valence-electron chi connectivity index (χ3n) is 7.60. The van der Waals surface area contributed by atoms with Crippen LogP contribution in [0.4, 0.5) is 22.9 Å². The summed E-state index contributed by atoms with van der Waals surface area (Å²) >= 11 is 0. The number of aromatic nitrogens is 1. The average Bonchev–Trinajstić information content (AvgIpc) is 3.43. The summed E-state index contributed by atoms with van der Waals surface area (Å²) in [7, 11) is 1.77. The van der Waals surface area contributed by atoms with Crippen LogP contribution in [0, 0.1) is 5.92 Å². The summed E-state index contributed by atoms with van der Waals surface area (Å²) in [4.78, 5) is 22.8. The number of hydrogen-bond donors (Lipinski definition) is 1. The molecule has 3 fully saturated rings. The molecular weight excluding hydrogens is 404 g/mol. The molecule has 2 unspecified atom stereocenters. The lowest BCUT2D eigenvalue weighted by atomic mass is 9.86. The molecular formula is C25H30N4O3. The summed E-state index contributed by atoms with van der Waals surface area (Å²) in [5.74, 6) is 1.07. The van der Waals surface area contributed by atoms with E-state index < -0.39 is 0 Å². The molecule has 1 saturated carbocycles. The van der Waals surface area contributed by atoms with Crippen molar-refractivity contribution in [1.82, 2.24) is 4.98 Å². The smallest absolute Gasteiger partial charge is 0.230 e. The lowest BCUT2D eigenvalue weighted by Gasteiger charge is -2.33. The summed E-state index contributed by atoms with van der Waals surface area (Å²) in [5.41, 5.74) is 4.09. The highest BCUT2D eigenvalue weighted by atomic mass is 16.5. The van der Waals surface area contributed by atoms with Crippen LogP contribution in [0.25, 0.3) is 0 Å². The molecule has 1 aromatic heterocycles. The summed E-state index contributed by atoms with van der Waals surface area (Å²) in [5, 5.41) is 3.49. The van der Waals surface area contributed by atoms with E-state index >= 15 is 0 Å². The summed E-state index contributed by atoms with van der Waals surface area (Å²) in [6.45, 7) is 2.25. The van der Waals surface area contributed by atoms with Crippen LogP contribution >= 0.6 is 0 Å². The van der Waals surface area contributed by atoms with Crippen LogP contribution in [0.3, 0.4) is 0 Å². The molecule has 0 spiro atoms. The molecule has 1 aliphatic carbocycles. The van der Waals surface area contributed by atoms with Crippen molar-refractivity contribution in [1.29, 1.82) is 0 Å². The third-order valence-corrected chi connectivity index (χ3v) is 7.60. The minimum absolute atomic E-state index is 0.0346. The lowest BCUT2D eigenvalue weighted by molar-refractivity contribution is -0.124. The number of methoxy groups -OCH3 is 1. The van der Waals surface area contributed by atoms with Crippen molar-refractivity contribution >= 4 is 28.8 Å². The summed E-state index contributed by atoms with van der Waals surface area (Å²) in [6.07, 6.45) is 7.15. The van der Waals surface area contributed by atoms with Gasteiger partial charge in [0.05, 0.1) is 42.8 Å². The Labute approximate surface area is 188 Å². The van der Waals surface area contributed by atoms with E-state index in [0.717, 1.165) is 68.0 Å². The van der Waals surface area contributed by atoms with Gasteiger partial charge in [0, 0.05) is 37.0 Å². The molecule has 3 aliphatic heterocycles. The number of carbonyl (C=O) groups excluding carboxylic acids is 1. The van der Waals surface area contributed by atoms with Crippen LogP contribution in [0.5, 0.6) is 0 Å². The number of ether oxygens (including phenoxy) is 2. The van der Waals surface area contributed by atoms with Gasteiger partial charge in [0.1, 0.15) is 5.82 Å². The molecule has 32 heavy (non-hydrogen) atoms. The number of morpholine rings is 1. The quantitative estimate of drug-likeness (QED) is 0.792. The Morgan fingerprint density at radius 1 is 1.22 bits per heavy atom. The van der Waals surface area contributed by atoms with E-state index in [1.807, 2.05) is 11.0 Å². The van der Waals surface area contributed by atoms with Crippen LogP contribution in [0.15, 0.2) is 36.5 Å². The SMILES string of the molecule is COC1CCC(C(=O)N2Cc3cccnc3Nc3ccc(N4CC5CC4CO5)cc32)CC1. The zero-order valence-corrected chi connectivity index (χ0v) is 18.5. The van der Waals surface area contributed by atoms with Gasteiger partial charge in [-0.15, -0.1) is 0 Å². The first kappa shape index (κ1) is 20.0. The normalized spacial score (nSPS) is 28.7. The average molecular weight is 435 g/mol. The van der Waals surface area contributed by atoms with Crippen LogP contribution in [0.2, 0.25) is 0 Å². The molecule has 7 heteroatoms. The number of benzene rings is 1. The standard InChI is InChI=1S/C25H30N4O3/c1-31-20-7-4-16(5-8-20)25(30)29-13-17-3-2-10-26-24(17)27-22-9-6-18(12-23(22)29)28-14-21-11-19(28)15-32-21/h2-3,6,9-10,12,16,19-21H,4-5,7-8,11,13-15H2,1H3,(H,26,27). The fraction of sp³-hybridized carbons (Fsp3) is 0.520. The van der Waals surface area contributed by atoms with Crippen molar-refractivity contribution < 1.29 is 14.3 Å². The van der Waals surface area contributed by atoms with Gasteiger partial charge in [0.25, 0.3) is 0 Å². The van der Waals surface area contributed by atoms with Crippen molar-refractivity contribution in [2.45, 2.75) is 56.9 Å². The number of rotatable bonds is 3. The molecule has 1 aromatic carbocycles. The predicted octanol–water partition coefficient (Wildman–Crippen LogP) is 3.85. The van der Waals surface area contributed by atoms with Crippen molar-refractivity contribution in [2.75, 3.05) is 35.4 Å². The second-order valence-electron chi connectivity index (χ2n) is 9.47. The second-order valence-corrected chi connectivity index (χ2v) is 9.47. The number of pyridine rings is 1. The molecule has 4 aliphatic rings. The van der Waals surface area contributed by atoms with Gasteiger partial charge in [-0.05, 0) is 56.4 Å². The maximum atomic E-state index is 13.8. The number of nitrogens with zero attached hydrogens (tertiary/aromatic N) is 3. The number of amides is 1. The molecule has 2 saturated heterocycles. The molecule has 1 amide bonds. The number of carbonyl (C=O) groups is 1. The van der Waals surface area contributed by atoms with Gasteiger partial charge in [-0.25, -0.2) is 4.98 Å². The molecule has 168 valence electrons. The maximum absolute atomic E-state index is 13.8. The van der Waals surface area contributed by atoms with Gasteiger partial charge >= 0.3 is 0 Å². The molecule has 0 radical (unpaired) electrons. The molecule has 1 N–H and O–H groups in total. The van der Waals surface area contributed by atoms with Crippen molar-refractivity contribution in [2.24, 2.45) is 5.92 Å². The monoisotopic (exact) mass is 434 g/mol. The third kappa shape index (κ3) is 3.44. The van der Waals surface area contributed by atoms with E-state index in [1.54, 1.807) is 13.3 Å². The molecule has 6 rings (SSSR count). The Morgan fingerprint density at radius 2 is 2.09 bits per heavy atom. The van der Waals surface area contributed by atoms with Gasteiger partial charge in [-0.1, -0.05) is 6.07 Å². The van der Waals surface area contributed by atoms with E-state index in [1.165, 1.54) is 5.69 Å². The number of fused-ring (bicyclic) bond motifs is 4. The zero-order valence-electron chi connectivity index (χ0n) is 18.5. The summed E-state index contributed by atoms with van der Waals surface area (Å²) < 4.78 is 11.3. The molecule has 7 nitrogen and oxygen atoms in total. The molecule has 4 heterocycles. The summed E-state index contributed by atoms with van der Waals surface area (Å²) in [6, 6.07) is 10.9. The molecule has 2 atom stereocenters. The van der Waals surface area contributed by atoms with Crippen LogP contribution in [-0.2, 0) is 20.8 Å². The van der Waals surface area contributed by atoms with Gasteiger partial charge in [-0.2, -0.15) is 0 Å². The van der Waals surface area contributed by atoms with E-state index in [9.17, 15) is 4.79 Å². The van der Waals surface area contributed by atoms with Gasteiger partial charge in [-0.3, -0.25) is 4.79 Å². The van der Waals surface area contributed by atoms with Crippen LogP contribution < -0.4 is 15.1 Å². The predicted molar refractivity (Wildman–Crippen MR) is 123 cm³/mol. The lowest BCUT2D eigenvalue weighted by Crippen LogP contribution is -2.39. The van der Waals surface area contributed by atoms with Gasteiger partial charge in [0.2, 0.25) is 5.91 Å². The van der Waals surface area contributed by atoms with Crippen molar-refractivity contribution in [3.8, 4) is 0 Å². The maximum Gasteiger partial charge on any atom is 0.230 e. The minimum Gasteiger partial charge on any atom is -0.381 e. The Bertz CT molecular complexity index is 1020. The van der Waals surface area contributed by atoms with Crippen LogP contribution in [0.1, 0.15) is 37.7 Å². The fourth-order valence-electron chi connectivity index (χ4n) is 5.77. The van der Waals surface area contributed by atoms with Gasteiger partial charge in [0.15, 0.2) is 0 Å². The Balaban J connectivity index is 1.35. The molecule has 2 bridgehead atoms. The number of nitrogens with one attached hydrogen (secondary N) is 1. The van der Waals surface area contributed by atoms with Crippen LogP contribution in [-0.4, -0.2) is 49.4 Å². The first-order valence-electron chi connectivity index (χ1n) is 11.8. The Kier molecular flexibility index (Phi) is 5.03. The van der Waals surface area contributed by atoms with Gasteiger partial charge < -0.3 is 24.6 Å². The fourth-order valence-corrected chi connectivity index (χ4v) is 5.77. The largest absolute Gasteiger partial charge is 0.381 e. The second kappa shape index (κ2) is 8.05. The zero-order chi connectivity index (χ0) is 21.7. The molecule has 2 aromatic rings. The first-order valence-corrected chi connectivity index (χ1v) is 11.8. The Morgan fingerprint density at radius 3 is 2.84 bits per heavy atom. The first-order chi connectivity index (χ1) is 15.7. The number of hydrogen-bond acceptors (Lipinski definition) is 6. The van der Waals surface area contributed by atoms with E-state index in [2.05, 4.69) is 39.5 Å². The van der Waals surface area contributed by atoms with E-state index in [-0.39, 0.29) is 17.9 Å². The Hall–Kier alpha value is -2.64. The highest BCUT2D eigenvalue weighted by Gasteiger charge is 2.40. The van der Waals surface area contributed by atoms with Crippen molar-refractivity contribution in [3.63, 3.8) is 0 Å².